The fourth-order valence-corrected chi connectivity index (χ4v) is 3.06. The van der Waals surface area contributed by atoms with Crippen LogP contribution >= 0.6 is 11.6 Å². The summed E-state index contributed by atoms with van der Waals surface area (Å²) in [6, 6.07) is 18.8. The molecule has 3 aromatic carbocycles. The van der Waals surface area contributed by atoms with E-state index in [2.05, 4.69) is 0 Å². The SMILES string of the molecule is COc1ccc2cc(CN(C)C(=O)COC(=O)Cc3ccc(Cl)cc3)ccc2c1. The molecule has 0 unspecified atom stereocenters. The van der Waals surface area contributed by atoms with Gasteiger partial charge < -0.3 is 14.4 Å². The summed E-state index contributed by atoms with van der Waals surface area (Å²) in [6.45, 7) is 0.142. The summed E-state index contributed by atoms with van der Waals surface area (Å²) in [5, 5.41) is 2.74. The third kappa shape index (κ3) is 5.72. The highest BCUT2D eigenvalue weighted by atomic mass is 35.5. The first-order chi connectivity index (χ1) is 13.9. The highest BCUT2D eigenvalue weighted by molar-refractivity contribution is 6.30. The Balaban J connectivity index is 1.52. The van der Waals surface area contributed by atoms with Crippen molar-refractivity contribution in [3.05, 3.63) is 76.8 Å². The van der Waals surface area contributed by atoms with E-state index in [-0.39, 0.29) is 18.9 Å². The monoisotopic (exact) mass is 411 g/mol. The number of benzene rings is 3. The van der Waals surface area contributed by atoms with E-state index in [1.807, 2.05) is 36.4 Å². The lowest BCUT2D eigenvalue weighted by Gasteiger charge is -2.17. The number of rotatable bonds is 7. The van der Waals surface area contributed by atoms with Crippen molar-refractivity contribution in [1.29, 1.82) is 0 Å². The molecular weight excluding hydrogens is 390 g/mol. The molecule has 0 saturated carbocycles. The first-order valence-electron chi connectivity index (χ1n) is 9.15. The largest absolute Gasteiger partial charge is 0.497 e. The van der Waals surface area contributed by atoms with Crippen LogP contribution in [0.5, 0.6) is 5.75 Å². The van der Waals surface area contributed by atoms with Gasteiger partial charge in [-0.15, -0.1) is 0 Å². The average molecular weight is 412 g/mol. The number of likely N-dealkylation sites (N-methyl/N-ethyl adjacent to an activating group) is 1. The molecule has 0 atom stereocenters. The summed E-state index contributed by atoms with van der Waals surface area (Å²) in [4.78, 5) is 25.8. The molecule has 0 saturated heterocycles. The molecule has 0 aliphatic heterocycles. The van der Waals surface area contributed by atoms with Crippen molar-refractivity contribution in [1.82, 2.24) is 4.90 Å². The van der Waals surface area contributed by atoms with Crippen molar-refractivity contribution >= 4 is 34.2 Å². The van der Waals surface area contributed by atoms with Gasteiger partial charge in [0.05, 0.1) is 13.5 Å². The Hall–Kier alpha value is -3.05. The lowest BCUT2D eigenvalue weighted by Crippen LogP contribution is -2.31. The number of amides is 1. The Morgan fingerprint density at radius 1 is 0.931 bits per heavy atom. The second kappa shape index (κ2) is 9.43. The predicted octanol–water partition coefficient (Wildman–Crippen LogP) is 4.25. The number of hydrogen-bond acceptors (Lipinski definition) is 4. The molecule has 3 rings (SSSR count). The highest BCUT2D eigenvalue weighted by Crippen LogP contribution is 2.22. The number of nitrogens with zero attached hydrogens (tertiary/aromatic N) is 1. The summed E-state index contributed by atoms with van der Waals surface area (Å²) in [5.41, 5.74) is 1.78. The van der Waals surface area contributed by atoms with E-state index in [4.69, 9.17) is 21.1 Å². The van der Waals surface area contributed by atoms with Gasteiger partial charge in [0.25, 0.3) is 5.91 Å². The van der Waals surface area contributed by atoms with Gasteiger partial charge in [0.2, 0.25) is 0 Å². The maximum atomic E-state index is 12.3. The van der Waals surface area contributed by atoms with Crippen LogP contribution in [-0.4, -0.2) is 37.5 Å². The quantitative estimate of drug-likeness (QED) is 0.545. The van der Waals surface area contributed by atoms with Crippen LogP contribution in [0.2, 0.25) is 5.02 Å². The number of hydrogen-bond donors (Lipinski definition) is 0. The molecule has 0 spiro atoms. The van der Waals surface area contributed by atoms with Crippen molar-refractivity contribution in [2.45, 2.75) is 13.0 Å². The van der Waals surface area contributed by atoms with Crippen molar-refractivity contribution in [2.24, 2.45) is 0 Å². The zero-order valence-corrected chi connectivity index (χ0v) is 17.1. The molecule has 0 aromatic heterocycles. The van der Waals surface area contributed by atoms with E-state index in [9.17, 15) is 9.59 Å². The van der Waals surface area contributed by atoms with Gasteiger partial charge >= 0.3 is 5.97 Å². The number of fused-ring (bicyclic) bond motifs is 1. The molecule has 29 heavy (non-hydrogen) atoms. The smallest absolute Gasteiger partial charge is 0.310 e. The number of carbonyl (C=O) groups excluding carboxylic acids is 2. The first-order valence-corrected chi connectivity index (χ1v) is 9.53. The topological polar surface area (TPSA) is 55.8 Å². The highest BCUT2D eigenvalue weighted by Gasteiger charge is 2.13. The van der Waals surface area contributed by atoms with E-state index in [0.29, 0.717) is 11.6 Å². The molecule has 0 N–H and O–H groups in total. The van der Waals surface area contributed by atoms with Gasteiger partial charge in [-0.1, -0.05) is 41.9 Å². The minimum Gasteiger partial charge on any atom is -0.497 e. The van der Waals surface area contributed by atoms with Crippen LogP contribution in [0.1, 0.15) is 11.1 Å². The molecule has 0 aliphatic rings. The second-order valence-corrected chi connectivity index (χ2v) is 7.20. The molecule has 3 aromatic rings. The average Bonchev–Trinajstić information content (AvgIpc) is 2.73. The van der Waals surface area contributed by atoms with Crippen LogP contribution in [0.4, 0.5) is 0 Å². The van der Waals surface area contributed by atoms with Crippen LogP contribution in [0.15, 0.2) is 60.7 Å². The van der Waals surface area contributed by atoms with Gasteiger partial charge in [0.15, 0.2) is 6.61 Å². The Labute approximate surface area is 174 Å². The van der Waals surface area contributed by atoms with Crippen LogP contribution in [-0.2, 0) is 27.3 Å². The summed E-state index contributed by atoms with van der Waals surface area (Å²) < 4.78 is 10.4. The number of halogens is 1. The van der Waals surface area contributed by atoms with E-state index in [1.165, 1.54) is 0 Å². The van der Waals surface area contributed by atoms with Crippen molar-refractivity contribution < 1.29 is 19.1 Å². The lowest BCUT2D eigenvalue weighted by atomic mass is 10.1. The van der Waals surface area contributed by atoms with Crippen molar-refractivity contribution in [3.63, 3.8) is 0 Å². The van der Waals surface area contributed by atoms with E-state index in [0.717, 1.165) is 27.6 Å². The summed E-state index contributed by atoms with van der Waals surface area (Å²) in [7, 11) is 3.33. The van der Waals surface area contributed by atoms with Gasteiger partial charge in [-0.25, -0.2) is 0 Å². The summed E-state index contributed by atoms with van der Waals surface area (Å²) in [5.74, 6) is 0.0935. The van der Waals surface area contributed by atoms with Crippen LogP contribution in [0, 0.1) is 0 Å². The van der Waals surface area contributed by atoms with E-state index in [1.54, 1.807) is 43.3 Å². The maximum Gasteiger partial charge on any atom is 0.310 e. The van der Waals surface area contributed by atoms with Crippen LogP contribution in [0.3, 0.4) is 0 Å². The molecule has 0 aliphatic carbocycles. The maximum absolute atomic E-state index is 12.3. The minimum absolute atomic E-state index is 0.0995. The fourth-order valence-electron chi connectivity index (χ4n) is 2.93. The molecule has 0 bridgehead atoms. The van der Waals surface area contributed by atoms with Gasteiger partial charge in [0.1, 0.15) is 5.75 Å². The minimum atomic E-state index is -0.450. The summed E-state index contributed by atoms with van der Waals surface area (Å²) in [6.07, 6.45) is 0.0995. The molecular formula is C23H22ClNO4. The Kier molecular flexibility index (Phi) is 6.73. The van der Waals surface area contributed by atoms with Gasteiger partial charge in [0, 0.05) is 18.6 Å². The zero-order valence-electron chi connectivity index (χ0n) is 16.4. The van der Waals surface area contributed by atoms with E-state index >= 15 is 0 Å². The molecule has 5 nitrogen and oxygen atoms in total. The molecule has 0 heterocycles. The molecule has 6 heteroatoms. The number of carbonyl (C=O) groups is 2. The van der Waals surface area contributed by atoms with Crippen LogP contribution < -0.4 is 4.74 Å². The van der Waals surface area contributed by atoms with Crippen molar-refractivity contribution in [2.75, 3.05) is 20.8 Å². The lowest BCUT2D eigenvalue weighted by molar-refractivity contribution is -0.151. The second-order valence-electron chi connectivity index (χ2n) is 6.76. The van der Waals surface area contributed by atoms with Gasteiger partial charge in [-0.3, -0.25) is 9.59 Å². The molecule has 1 amide bonds. The van der Waals surface area contributed by atoms with Crippen molar-refractivity contribution in [3.8, 4) is 5.75 Å². The summed E-state index contributed by atoms with van der Waals surface area (Å²) >= 11 is 5.83. The molecule has 0 fully saturated rings. The number of methoxy groups -OCH3 is 1. The number of esters is 1. The Bertz CT molecular complexity index is 1020. The number of ether oxygens (including phenoxy) is 2. The predicted molar refractivity (Wildman–Crippen MR) is 113 cm³/mol. The molecule has 0 radical (unpaired) electrons. The molecule has 150 valence electrons. The third-order valence-corrected chi connectivity index (χ3v) is 4.83. The Morgan fingerprint density at radius 3 is 2.31 bits per heavy atom. The van der Waals surface area contributed by atoms with Gasteiger partial charge in [-0.05, 0) is 52.2 Å². The standard InChI is InChI=1S/C23H22ClNO4/c1-25(14-17-3-6-19-13-21(28-2)10-7-18(19)11-17)22(26)15-29-23(27)12-16-4-8-20(24)9-5-16/h3-11,13H,12,14-15H2,1-2H3. The third-order valence-electron chi connectivity index (χ3n) is 4.58. The Morgan fingerprint density at radius 2 is 1.59 bits per heavy atom. The fraction of sp³-hybridized carbons (Fsp3) is 0.217. The zero-order chi connectivity index (χ0) is 20.8. The van der Waals surface area contributed by atoms with Gasteiger partial charge in [-0.2, -0.15) is 0 Å². The normalized spacial score (nSPS) is 10.6. The first kappa shape index (κ1) is 20.7. The van der Waals surface area contributed by atoms with E-state index < -0.39 is 5.97 Å². The van der Waals surface area contributed by atoms with Crippen LogP contribution in [0.25, 0.3) is 10.8 Å².